The van der Waals surface area contributed by atoms with Crippen molar-refractivity contribution in [3.63, 3.8) is 0 Å². The predicted octanol–water partition coefficient (Wildman–Crippen LogP) is 3.44. The molecule has 0 saturated heterocycles. The summed E-state index contributed by atoms with van der Waals surface area (Å²) in [6, 6.07) is 0. The summed E-state index contributed by atoms with van der Waals surface area (Å²) in [7, 11) is 1.57. The van der Waals surface area contributed by atoms with E-state index >= 15 is 0 Å². The minimum atomic E-state index is -2.42. The Morgan fingerprint density at radius 2 is 1.83 bits per heavy atom. The molecular weight excluding hydrogens is 260 g/mol. The highest BCUT2D eigenvalue weighted by Gasteiger charge is 2.22. The van der Waals surface area contributed by atoms with Crippen molar-refractivity contribution in [2.75, 3.05) is 18.5 Å². The summed E-state index contributed by atoms with van der Waals surface area (Å²) in [5, 5.41) is 0.311. The van der Waals surface area contributed by atoms with Crippen molar-refractivity contribution in [3.05, 3.63) is 16.5 Å². The quantitative estimate of drug-likeness (QED) is 0.793. The van der Waals surface area contributed by atoms with Crippen LogP contribution >= 0.6 is 11.6 Å². The third-order valence-corrected chi connectivity index (χ3v) is 2.87. The zero-order valence-corrected chi connectivity index (χ0v) is 12.0. The molecule has 6 heteroatoms. The zero-order valence-electron chi connectivity index (χ0n) is 11.3. The maximum atomic E-state index is 12.4. The Kier molecular flexibility index (Phi) is 4.48. The van der Waals surface area contributed by atoms with Crippen LogP contribution in [0.15, 0.2) is 0 Å². The molecule has 0 aliphatic heterocycles. The number of rotatable bonds is 3. The first kappa shape index (κ1) is 15.1. The van der Waals surface area contributed by atoms with Crippen molar-refractivity contribution in [1.82, 2.24) is 9.97 Å². The lowest BCUT2D eigenvalue weighted by Gasteiger charge is -2.24. The van der Waals surface area contributed by atoms with E-state index in [1.165, 1.54) is 4.90 Å². The molecule has 0 bridgehead atoms. The van der Waals surface area contributed by atoms with E-state index in [0.29, 0.717) is 22.4 Å². The average Bonchev–Trinajstić information content (AvgIpc) is 2.18. The van der Waals surface area contributed by atoms with Crippen LogP contribution in [0.3, 0.4) is 0 Å². The van der Waals surface area contributed by atoms with Crippen LogP contribution in [0.1, 0.15) is 32.2 Å². The van der Waals surface area contributed by atoms with Crippen molar-refractivity contribution in [1.29, 1.82) is 0 Å². The van der Waals surface area contributed by atoms with Crippen LogP contribution in [0.5, 0.6) is 0 Å². The molecule has 102 valence electrons. The van der Waals surface area contributed by atoms with Crippen LogP contribution in [0, 0.1) is 6.92 Å². The summed E-state index contributed by atoms with van der Waals surface area (Å²) in [5.41, 5.74) is 0.338. The molecule has 0 fully saturated rings. The molecule has 18 heavy (non-hydrogen) atoms. The second-order valence-electron chi connectivity index (χ2n) is 5.31. The van der Waals surface area contributed by atoms with Crippen molar-refractivity contribution in [2.24, 2.45) is 0 Å². The van der Waals surface area contributed by atoms with Gasteiger partial charge in [0.25, 0.3) is 6.43 Å². The Labute approximate surface area is 111 Å². The summed E-state index contributed by atoms with van der Waals surface area (Å²) in [4.78, 5) is 9.97. The number of hydrogen-bond acceptors (Lipinski definition) is 3. The molecule has 1 heterocycles. The highest BCUT2D eigenvalue weighted by atomic mass is 35.5. The van der Waals surface area contributed by atoms with Gasteiger partial charge in [0.1, 0.15) is 16.8 Å². The topological polar surface area (TPSA) is 29.0 Å². The third kappa shape index (κ3) is 3.51. The third-order valence-electron chi connectivity index (χ3n) is 2.50. The Bertz CT molecular complexity index is 430. The minimum Gasteiger partial charge on any atom is -0.354 e. The fourth-order valence-corrected chi connectivity index (χ4v) is 1.64. The maximum Gasteiger partial charge on any atom is 0.255 e. The lowest BCUT2D eigenvalue weighted by atomic mass is 9.95. The van der Waals surface area contributed by atoms with Gasteiger partial charge in [0, 0.05) is 18.0 Å². The highest BCUT2D eigenvalue weighted by Crippen LogP contribution is 2.27. The largest absolute Gasteiger partial charge is 0.354 e. The molecular formula is C12H18ClF2N3. The van der Waals surface area contributed by atoms with Gasteiger partial charge in [-0.25, -0.2) is 18.7 Å². The fourth-order valence-electron chi connectivity index (χ4n) is 1.48. The standard InChI is InChI=1S/C12H18ClF2N3/c1-7-9(13)16-11(12(2,3)4)17-10(7)18(5)6-8(14)15/h8H,6H2,1-5H3. The highest BCUT2D eigenvalue weighted by molar-refractivity contribution is 6.30. The van der Waals surface area contributed by atoms with Crippen LogP contribution in [0.25, 0.3) is 0 Å². The zero-order chi connectivity index (χ0) is 14.1. The predicted molar refractivity (Wildman–Crippen MR) is 69.8 cm³/mol. The summed E-state index contributed by atoms with van der Waals surface area (Å²) in [6.07, 6.45) is -2.42. The van der Waals surface area contributed by atoms with E-state index in [9.17, 15) is 8.78 Å². The molecule has 0 aliphatic carbocycles. The van der Waals surface area contributed by atoms with Gasteiger partial charge >= 0.3 is 0 Å². The number of nitrogens with zero attached hydrogens (tertiary/aromatic N) is 3. The first-order valence-corrected chi connectivity index (χ1v) is 6.04. The molecule has 0 N–H and O–H groups in total. The SMILES string of the molecule is Cc1c(Cl)nc(C(C)(C)C)nc1N(C)CC(F)F. The molecule has 0 aliphatic rings. The molecule has 0 amide bonds. The van der Waals surface area contributed by atoms with Gasteiger partial charge in [0.15, 0.2) is 0 Å². The normalized spacial score (nSPS) is 12.1. The molecule has 1 aromatic rings. The molecule has 0 spiro atoms. The van der Waals surface area contributed by atoms with E-state index < -0.39 is 6.43 Å². The van der Waals surface area contributed by atoms with Crippen LogP contribution < -0.4 is 4.90 Å². The van der Waals surface area contributed by atoms with Crippen molar-refractivity contribution < 1.29 is 8.78 Å². The number of anilines is 1. The van der Waals surface area contributed by atoms with E-state index in [4.69, 9.17) is 11.6 Å². The van der Waals surface area contributed by atoms with Gasteiger partial charge in [0.2, 0.25) is 0 Å². The van der Waals surface area contributed by atoms with Gasteiger partial charge in [-0.15, -0.1) is 0 Å². The van der Waals surface area contributed by atoms with Gasteiger partial charge in [-0.3, -0.25) is 0 Å². The van der Waals surface area contributed by atoms with Crippen LogP contribution in [0.2, 0.25) is 5.15 Å². The lowest BCUT2D eigenvalue weighted by Crippen LogP contribution is -2.28. The second-order valence-corrected chi connectivity index (χ2v) is 5.67. The second kappa shape index (κ2) is 5.34. The number of hydrogen-bond donors (Lipinski definition) is 0. The molecule has 0 atom stereocenters. The Morgan fingerprint density at radius 1 is 1.28 bits per heavy atom. The number of halogens is 3. The van der Waals surface area contributed by atoms with Crippen LogP contribution in [0.4, 0.5) is 14.6 Å². The molecule has 3 nitrogen and oxygen atoms in total. The van der Waals surface area contributed by atoms with Crippen LogP contribution in [-0.2, 0) is 5.41 Å². The van der Waals surface area contributed by atoms with E-state index in [2.05, 4.69) is 9.97 Å². The molecule has 0 saturated carbocycles. The maximum absolute atomic E-state index is 12.4. The molecule has 1 rings (SSSR count). The molecule has 0 unspecified atom stereocenters. The average molecular weight is 278 g/mol. The minimum absolute atomic E-state index is 0.280. The van der Waals surface area contributed by atoms with Crippen LogP contribution in [-0.4, -0.2) is 30.0 Å². The van der Waals surface area contributed by atoms with E-state index in [0.717, 1.165) is 0 Å². The summed E-state index contributed by atoms with van der Waals surface area (Å²) in [5.74, 6) is 1.01. The van der Waals surface area contributed by atoms with Gasteiger partial charge in [0.05, 0.1) is 6.54 Å². The van der Waals surface area contributed by atoms with E-state index in [1.807, 2.05) is 20.8 Å². The summed E-state index contributed by atoms with van der Waals surface area (Å²) in [6.45, 7) is 7.20. The Hall–Kier alpha value is -0.970. The van der Waals surface area contributed by atoms with Crippen molar-refractivity contribution >= 4 is 17.4 Å². The van der Waals surface area contributed by atoms with Gasteiger partial charge in [-0.05, 0) is 6.92 Å². The first-order valence-electron chi connectivity index (χ1n) is 5.67. The molecule has 1 aromatic heterocycles. The number of alkyl halides is 2. The number of aromatic nitrogens is 2. The van der Waals surface area contributed by atoms with Crippen molar-refractivity contribution in [2.45, 2.75) is 39.5 Å². The van der Waals surface area contributed by atoms with Gasteiger partial charge in [-0.1, -0.05) is 32.4 Å². The fraction of sp³-hybridized carbons (Fsp3) is 0.667. The van der Waals surface area contributed by atoms with E-state index in [1.54, 1.807) is 14.0 Å². The van der Waals surface area contributed by atoms with Gasteiger partial charge < -0.3 is 4.90 Å². The lowest BCUT2D eigenvalue weighted by molar-refractivity contribution is 0.156. The molecule has 0 radical (unpaired) electrons. The monoisotopic (exact) mass is 277 g/mol. The van der Waals surface area contributed by atoms with Gasteiger partial charge in [-0.2, -0.15) is 0 Å². The summed E-state index contributed by atoms with van der Waals surface area (Å²) < 4.78 is 24.8. The first-order chi connectivity index (χ1) is 8.12. The molecule has 0 aromatic carbocycles. The van der Waals surface area contributed by atoms with Crippen molar-refractivity contribution in [3.8, 4) is 0 Å². The Balaban J connectivity index is 3.22. The Morgan fingerprint density at radius 3 is 2.28 bits per heavy atom. The smallest absolute Gasteiger partial charge is 0.255 e. The van der Waals surface area contributed by atoms with E-state index in [-0.39, 0.29) is 12.0 Å². The summed E-state index contributed by atoms with van der Waals surface area (Å²) >= 11 is 6.04.